The molecule has 1 unspecified atom stereocenters. The molecule has 0 aliphatic carbocycles. The largest absolute Gasteiger partial charge is 0.424 e. The van der Waals surface area contributed by atoms with Crippen molar-refractivity contribution in [3.05, 3.63) is 53.9 Å². The highest BCUT2D eigenvalue weighted by atomic mass is 19.4. The van der Waals surface area contributed by atoms with Gasteiger partial charge in [-0.05, 0) is 12.6 Å². The standard InChI is InChI=1S/C15H17F4N3O/c1-22-9-8-21-13(22)14(23,15(17,18)19)6-7-20-10-11-4-2-3-5-12(11)16/h2-5,8-9,20,23H,6-7,10H2,1H3. The van der Waals surface area contributed by atoms with Gasteiger partial charge in [-0.15, -0.1) is 0 Å². The van der Waals surface area contributed by atoms with E-state index >= 15 is 0 Å². The van der Waals surface area contributed by atoms with Gasteiger partial charge in [-0.2, -0.15) is 13.2 Å². The molecule has 0 amide bonds. The average molecular weight is 331 g/mol. The summed E-state index contributed by atoms with van der Waals surface area (Å²) in [5.74, 6) is -0.909. The highest BCUT2D eigenvalue weighted by Crippen LogP contribution is 2.40. The van der Waals surface area contributed by atoms with Crippen LogP contribution in [0.3, 0.4) is 0 Å². The van der Waals surface area contributed by atoms with Gasteiger partial charge in [-0.3, -0.25) is 0 Å². The van der Waals surface area contributed by atoms with Crippen molar-refractivity contribution in [2.24, 2.45) is 7.05 Å². The summed E-state index contributed by atoms with van der Waals surface area (Å²) in [6.07, 6.45) is -2.97. The van der Waals surface area contributed by atoms with E-state index in [-0.39, 0.29) is 13.1 Å². The van der Waals surface area contributed by atoms with Gasteiger partial charge in [0.25, 0.3) is 0 Å². The Bertz CT molecular complexity index is 656. The van der Waals surface area contributed by atoms with Crippen molar-refractivity contribution in [2.45, 2.75) is 24.7 Å². The lowest BCUT2D eigenvalue weighted by Gasteiger charge is -2.30. The van der Waals surface area contributed by atoms with Gasteiger partial charge in [0.05, 0.1) is 0 Å². The predicted octanol–water partition coefficient (Wildman–Crippen LogP) is 2.49. The van der Waals surface area contributed by atoms with Crippen LogP contribution in [0.4, 0.5) is 17.6 Å². The summed E-state index contributed by atoms with van der Waals surface area (Å²) in [6, 6.07) is 5.98. The Morgan fingerprint density at radius 1 is 1.26 bits per heavy atom. The van der Waals surface area contributed by atoms with Crippen LogP contribution in [0.5, 0.6) is 0 Å². The molecule has 8 heteroatoms. The minimum atomic E-state index is -4.87. The molecule has 0 saturated heterocycles. The molecule has 2 N–H and O–H groups in total. The van der Waals surface area contributed by atoms with E-state index in [1.54, 1.807) is 6.07 Å². The Kier molecular flexibility index (Phi) is 5.06. The summed E-state index contributed by atoms with van der Waals surface area (Å²) >= 11 is 0. The average Bonchev–Trinajstić information content (AvgIpc) is 2.90. The van der Waals surface area contributed by atoms with Crippen LogP contribution < -0.4 is 5.32 Å². The van der Waals surface area contributed by atoms with Crippen molar-refractivity contribution in [1.29, 1.82) is 0 Å². The lowest BCUT2D eigenvalue weighted by molar-refractivity contribution is -0.272. The van der Waals surface area contributed by atoms with Crippen molar-refractivity contribution in [3.8, 4) is 0 Å². The Morgan fingerprint density at radius 2 is 1.96 bits per heavy atom. The molecule has 0 aliphatic heterocycles. The van der Waals surface area contributed by atoms with Gasteiger partial charge in [0.2, 0.25) is 5.60 Å². The van der Waals surface area contributed by atoms with Gasteiger partial charge in [0, 0.05) is 38.0 Å². The van der Waals surface area contributed by atoms with E-state index in [2.05, 4.69) is 10.3 Å². The third-order valence-corrected chi connectivity index (χ3v) is 3.60. The molecule has 0 spiro atoms. The van der Waals surface area contributed by atoms with Crippen molar-refractivity contribution in [3.63, 3.8) is 0 Å². The van der Waals surface area contributed by atoms with Crippen LogP contribution in [0.1, 0.15) is 17.8 Å². The number of alkyl halides is 3. The second kappa shape index (κ2) is 6.67. The first-order valence-corrected chi connectivity index (χ1v) is 6.97. The second-order valence-corrected chi connectivity index (χ2v) is 5.24. The maximum Gasteiger partial charge on any atom is 0.424 e. The number of aliphatic hydroxyl groups is 1. The van der Waals surface area contributed by atoms with Crippen LogP contribution in [0.15, 0.2) is 36.7 Å². The number of benzene rings is 1. The van der Waals surface area contributed by atoms with Crippen LogP contribution in [0, 0.1) is 5.82 Å². The fraction of sp³-hybridized carbons (Fsp3) is 0.400. The van der Waals surface area contributed by atoms with E-state index in [1.807, 2.05) is 0 Å². The molecule has 0 fully saturated rings. The highest BCUT2D eigenvalue weighted by Gasteiger charge is 2.56. The maximum absolute atomic E-state index is 13.4. The number of nitrogens with zero attached hydrogens (tertiary/aromatic N) is 2. The molecule has 0 saturated carbocycles. The number of rotatable bonds is 6. The summed E-state index contributed by atoms with van der Waals surface area (Å²) in [5.41, 5.74) is -2.71. The third-order valence-electron chi connectivity index (χ3n) is 3.60. The van der Waals surface area contributed by atoms with E-state index in [0.717, 1.165) is 4.57 Å². The zero-order valence-electron chi connectivity index (χ0n) is 12.4. The summed E-state index contributed by atoms with van der Waals surface area (Å²) in [6.45, 7) is -0.0849. The van der Waals surface area contributed by atoms with E-state index in [0.29, 0.717) is 5.56 Å². The Labute approximate surface area is 130 Å². The van der Waals surface area contributed by atoms with Crippen molar-refractivity contribution in [1.82, 2.24) is 14.9 Å². The smallest absolute Gasteiger partial charge is 0.374 e. The monoisotopic (exact) mass is 331 g/mol. The fourth-order valence-corrected chi connectivity index (χ4v) is 2.28. The molecule has 1 heterocycles. The van der Waals surface area contributed by atoms with Gasteiger partial charge in [0.1, 0.15) is 11.6 Å². The van der Waals surface area contributed by atoms with Gasteiger partial charge >= 0.3 is 6.18 Å². The topological polar surface area (TPSA) is 50.1 Å². The molecule has 1 atom stereocenters. The minimum absolute atomic E-state index is 0.0706. The molecule has 23 heavy (non-hydrogen) atoms. The minimum Gasteiger partial charge on any atom is -0.374 e. The van der Waals surface area contributed by atoms with E-state index < -0.39 is 29.8 Å². The lowest BCUT2D eigenvalue weighted by Crippen LogP contribution is -2.46. The molecule has 2 aromatic rings. The van der Waals surface area contributed by atoms with Gasteiger partial charge in [0.15, 0.2) is 0 Å². The number of hydrogen-bond acceptors (Lipinski definition) is 3. The van der Waals surface area contributed by atoms with Gasteiger partial charge in [-0.1, -0.05) is 18.2 Å². The lowest BCUT2D eigenvalue weighted by atomic mass is 9.97. The predicted molar refractivity (Wildman–Crippen MR) is 75.9 cm³/mol. The fourth-order valence-electron chi connectivity index (χ4n) is 2.28. The summed E-state index contributed by atoms with van der Waals surface area (Å²) in [7, 11) is 1.38. The molecule has 0 bridgehead atoms. The Hall–Kier alpha value is -1.93. The SMILES string of the molecule is Cn1ccnc1C(O)(CCNCc1ccccc1F)C(F)(F)F. The van der Waals surface area contributed by atoms with Crippen molar-refractivity contribution in [2.75, 3.05) is 6.54 Å². The first kappa shape index (κ1) is 17.4. The maximum atomic E-state index is 13.4. The first-order chi connectivity index (χ1) is 10.8. The molecule has 4 nitrogen and oxygen atoms in total. The zero-order chi connectivity index (χ0) is 17.1. The molecule has 1 aromatic heterocycles. The van der Waals surface area contributed by atoms with E-state index in [9.17, 15) is 22.7 Å². The molecular weight excluding hydrogens is 314 g/mol. The first-order valence-electron chi connectivity index (χ1n) is 6.97. The molecule has 2 rings (SSSR count). The summed E-state index contributed by atoms with van der Waals surface area (Å²) in [5, 5.41) is 12.8. The number of hydrogen-bond donors (Lipinski definition) is 2. The Morgan fingerprint density at radius 3 is 2.52 bits per heavy atom. The second-order valence-electron chi connectivity index (χ2n) is 5.24. The Balaban J connectivity index is 2.03. The van der Waals surface area contributed by atoms with E-state index in [4.69, 9.17) is 0 Å². The molecular formula is C15H17F4N3O. The number of aryl methyl sites for hydroxylation is 1. The van der Waals surface area contributed by atoms with Crippen LogP contribution in [0.2, 0.25) is 0 Å². The van der Waals surface area contributed by atoms with Gasteiger partial charge < -0.3 is 15.0 Å². The quantitative estimate of drug-likeness (QED) is 0.632. The van der Waals surface area contributed by atoms with Crippen molar-refractivity contribution < 1.29 is 22.7 Å². The summed E-state index contributed by atoms with van der Waals surface area (Å²) < 4.78 is 54.4. The normalized spacial score (nSPS) is 14.7. The van der Waals surface area contributed by atoms with Crippen molar-refractivity contribution >= 4 is 0 Å². The molecule has 0 radical (unpaired) electrons. The molecule has 126 valence electrons. The summed E-state index contributed by atoms with van der Waals surface area (Å²) in [4.78, 5) is 3.61. The number of nitrogens with one attached hydrogen (secondary N) is 1. The number of aromatic nitrogens is 2. The highest BCUT2D eigenvalue weighted by molar-refractivity contribution is 5.17. The molecule has 1 aromatic carbocycles. The third kappa shape index (κ3) is 3.70. The van der Waals surface area contributed by atoms with Crippen LogP contribution in [-0.4, -0.2) is 27.4 Å². The van der Waals surface area contributed by atoms with Crippen LogP contribution >= 0.6 is 0 Å². The zero-order valence-corrected chi connectivity index (χ0v) is 12.4. The van der Waals surface area contributed by atoms with Crippen LogP contribution in [0.25, 0.3) is 0 Å². The number of imidazole rings is 1. The van der Waals surface area contributed by atoms with Gasteiger partial charge in [-0.25, -0.2) is 9.37 Å². The number of halogens is 4. The van der Waals surface area contributed by atoms with E-state index in [1.165, 1.54) is 37.6 Å². The molecule has 0 aliphatic rings. The van der Waals surface area contributed by atoms with Crippen LogP contribution in [-0.2, 0) is 19.2 Å².